The van der Waals surface area contributed by atoms with Crippen LogP contribution in [-0.2, 0) is 9.84 Å². The molecule has 0 aliphatic rings. The van der Waals surface area contributed by atoms with Gasteiger partial charge in [0.25, 0.3) is 0 Å². The third-order valence-electron chi connectivity index (χ3n) is 2.41. The zero-order chi connectivity index (χ0) is 12.2. The van der Waals surface area contributed by atoms with Gasteiger partial charge in [0.1, 0.15) is 0 Å². The third kappa shape index (κ3) is 2.96. The topological polar surface area (TPSA) is 49.4 Å². The molecule has 0 aliphatic heterocycles. The normalized spacial score (nSPS) is 11.4. The number of rotatable bonds is 5. The van der Waals surface area contributed by atoms with Crippen LogP contribution >= 0.6 is 0 Å². The Kier molecular flexibility index (Phi) is 4.32. The molecule has 0 heterocycles. The number of sulfone groups is 1. The van der Waals surface area contributed by atoms with Gasteiger partial charge in [-0.25, -0.2) is 8.42 Å². The Balaban J connectivity index is 2.91. The minimum Gasteiger partial charge on any atom is -0.362 e. The molecule has 0 aromatic heterocycles. The zero-order valence-electron chi connectivity index (χ0n) is 9.90. The van der Waals surface area contributed by atoms with Crippen LogP contribution in [0, 0.1) is 0 Å². The van der Waals surface area contributed by atoms with Gasteiger partial charge in [0.05, 0.1) is 17.3 Å². The molecule has 0 bridgehead atoms. The molecule has 0 amide bonds. The summed E-state index contributed by atoms with van der Waals surface area (Å²) in [5, 5.41) is 3.03. The molecule has 90 valence electrons. The SMILES string of the molecule is CCS(=O)(=O)c1ccc(N(C)CNC)cc1. The Labute approximate surface area is 97.2 Å². The van der Waals surface area contributed by atoms with Gasteiger partial charge in [-0.1, -0.05) is 6.92 Å². The van der Waals surface area contributed by atoms with Crippen LogP contribution in [-0.4, -0.2) is 34.9 Å². The maximum Gasteiger partial charge on any atom is 0.178 e. The Hall–Kier alpha value is -1.07. The lowest BCUT2D eigenvalue weighted by atomic mass is 10.3. The smallest absolute Gasteiger partial charge is 0.178 e. The van der Waals surface area contributed by atoms with Crippen molar-refractivity contribution in [1.82, 2.24) is 5.32 Å². The molecule has 16 heavy (non-hydrogen) atoms. The van der Waals surface area contributed by atoms with Gasteiger partial charge in [-0.05, 0) is 31.3 Å². The highest BCUT2D eigenvalue weighted by Gasteiger charge is 2.11. The van der Waals surface area contributed by atoms with E-state index in [-0.39, 0.29) is 5.75 Å². The second kappa shape index (κ2) is 5.32. The molecule has 1 aromatic rings. The number of benzene rings is 1. The lowest BCUT2D eigenvalue weighted by Crippen LogP contribution is -2.28. The third-order valence-corrected chi connectivity index (χ3v) is 4.16. The summed E-state index contributed by atoms with van der Waals surface area (Å²) in [6, 6.07) is 6.94. The Morgan fingerprint density at radius 2 is 1.81 bits per heavy atom. The van der Waals surface area contributed by atoms with Crippen molar-refractivity contribution in [2.24, 2.45) is 0 Å². The lowest BCUT2D eigenvalue weighted by Gasteiger charge is -2.18. The maximum absolute atomic E-state index is 11.6. The highest BCUT2D eigenvalue weighted by molar-refractivity contribution is 7.91. The minimum atomic E-state index is -3.09. The van der Waals surface area contributed by atoms with Crippen molar-refractivity contribution >= 4 is 15.5 Å². The predicted molar refractivity (Wildman–Crippen MR) is 66.5 cm³/mol. The van der Waals surface area contributed by atoms with Crippen molar-refractivity contribution < 1.29 is 8.42 Å². The Morgan fingerprint density at radius 3 is 2.25 bits per heavy atom. The lowest BCUT2D eigenvalue weighted by molar-refractivity contribution is 0.597. The number of anilines is 1. The van der Waals surface area contributed by atoms with E-state index >= 15 is 0 Å². The summed E-state index contributed by atoms with van der Waals surface area (Å²) < 4.78 is 23.2. The van der Waals surface area contributed by atoms with Crippen LogP contribution < -0.4 is 10.2 Å². The molecule has 1 rings (SSSR count). The van der Waals surface area contributed by atoms with Crippen molar-refractivity contribution in [3.05, 3.63) is 24.3 Å². The quantitative estimate of drug-likeness (QED) is 0.785. The van der Waals surface area contributed by atoms with Gasteiger partial charge in [0.15, 0.2) is 9.84 Å². The number of hydrogen-bond donors (Lipinski definition) is 1. The van der Waals surface area contributed by atoms with Gasteiger partial charge in [0.2, 0.25) is 0 Å². The van der Waals surface area contributed by atoms with Gasteiger partial charge >= 0.3 is 0 Å². The van der Waals surface area contributed by atoms with E-state index < -0.39 is 9.84 Å². The second-order valence-corrected chi connectivity index (χ2v) is 5.89. The van der Waals surface area contributed by atoms with Crippen LogP contribution in [0.1, 0.15) is 6.92 Å². The average Bonchev–Trinajstić information content (AvgIpc) is 2.29. The predicted octanol–water partition coefficient (Wildman–Crippen LogP) is 1.09. The molecule has 0 aliphatic carbocycles. The summed E-state index contributed by atoms with van der Waals surface area (Å²) >= 11 is 0. The molecule has 0 radical (unpaired) electrons. The van der Waals surface area contributed by atoms with Gasteiger partial charge in [0, 0.05) is 12.7 Å². The van der Waals surface area contributed by atoms with E-state index in [1.807, 2.05) is 31.1 Å². The second-order valence-electron chi connectivity index (χ2n) is 3.61. The summed E-state index contributed by atoms with van der Waals surface area (Å²) in [4.78, 5) is 2.39. The van der Waals surface area contributed by atoms with E-state index in [1.54, 1.807) is 19.1 Å². The highest BCUT2D eigenvalue weighted by Crippen LogP contribution is 2.17. The van der Waals surface area contributed by atoms with E-state index in [9.17, 15) is 8.42 Å². The summed E-state index contributed by atoms with van der Waals surface area (Å²) in [5.41, 5.74) is 0.990. The molecule has 0 saturated carbocycles. The highest BCUT2D eigenvalue weighted by atomic mass is 32.2. The maximum atomic E-state index is 11.6. The average molecular weight is 242 g/mol. The largest absolute Gasteiger partial charge is 0.362 e. The molecule has 1 N–H and O–H groups in total. The molecule has 0 atom stereocenters. The van der Waals surface area contributed by atoms with E-state index in [4.69, 9.17) is 0 Å². The first kappa shape index (κ1) is 13.0. The number of nitrogens with zero attached hydrogens (tertiary/aromatic N) is 1. The summed E-state index contributed by atoms with van der Waals surface area (Å²) in [6.45, 7) is 2.37. The summed E-state index contributed by atoms with van der Waals surface area (Å²) in [6.07, 6.45) is 0. The molecular formula is C11H18N2O2S. The van der Waals surface area contributed by atoms with Gasteiger partial charge in [-0.3, -0.25) is 0 Å². The van der Waals surface area contributed by atoms with Crippen LogP contribution in [0.4, 0.5) is 5.69 Å². The molecule has 0 unspecified atom stereocenters. The van der Waals surface area contributed by atoms with Crippen LogP contribution in [0.5, 0.6) is 0 Å². The van der Waals surface area contributed by atoms with E-state index in [0.717, 1.165) is 12.4 Å². The molecule has 0 spiro atoms. The molecule has 0 fully saturated rings. The van der Waals surface area contributed by atoms with Crippen molar-refractivity contribution in [2.75, 3.05) is 31.4 Å². The molecule has 5 heteroatoms. The molecular weight excluding hydrogens is 224 g/mol. The van der Waals surface area contributed by atoms with Gasteiger partial charge < -0.3 is 10.2 Å². The molecule has 1 aromatic carbocycles. The Morgan fingerprint density at radius 1 is 1.25 bits per heavy atom. The number of nitrogens with one attached hydrogen (secondary N) is 1. The summed E-state index contributed by atoms with van der Waals surface area (Å²) in [7, 11) is 0.725. The van der Waals surface area contributed by atoms with E-state index in [1.165, 1.54) is 0 Å². The van der Waals surface area contributed by atoms with E-state index in [0.29, 0.717) is 4.90 Å². The first-order valence-corrected chi connectivity index (χ1v) is 6.85. The minimum absolute atomic E-state index is 0.138. The first-order chi connectivity index (χ1) is 7.51. The van der Waals surface area contributed by atoms with Gasteiger partial charge in [-0.2, -0.15) is 0 Å². The molecule has 0 saturated heterocycles. The van der Waals surface area contributed by atoms with Crippen LogP contribution in [0.15, 0.2) is 29.2 Å². The van der Waals surface area contributed by atoms with Crippen molar-refractivity contribution in [3.63, 3.8) is 0 Å². The first-order valence-electron chi connectivity index (χ1n) is 5.20. The van der Waals surface area contributed by atoms with Crippen LogP contribution in [0.25, 0.3) is 0 Å². The number of hydrogen-bond acceptors (Lipinski definition) is 4. The fourth-order valence-electron chi connectivity index (χ4n) is 1.40. The van der Waals surface area contributed by atoms with E-state index in [2.05, 4.69) is 5.32 Å². The van der Waals surface area contributed by atoms with Crippen molar-refractivity contribution in [1.29, 1.82) is 0 Å². The Bertz CT molecular complexity index is 426. The van der Waals surface area contributed by atoms with Crippen LogP contribution in [0.3, 0.4) is 0 Å². The van der Waals surface area contributed by atoms with Crippen molar-refractivity contribution in [2.45, 2.75) is 11.8 Å². The van der Waals surface area contributed by atoms with Crippen molar-refractivity contribution in [3.8, 4) is 0 Å². The monoisotopic (exact) mass is 242 g/mol. The van der Waals surface area contributed by atoms with Gasteiger partial charge in [-0.15, -0.1) is 0 Å². The zero-order valence-corrected chi connectivity index (χ0v) is 10.7. The molecule has 4 nitrogen and oxygen atoms in total. The fourth-order valence-corrected chi connectivity index (χ4v) is 2.29. The van der Waals surface area contributed by atoms with Crippen LogP contribution in [0.2, 0.25) is 0 Å². The fraction of sp³-hybridized carbons (Fsp3) is 0.455. The standard InChI is InChI=1S/C11H18N2O2S/c1-4-16(14,15)11-7-5-10(6-8-11)13(3)9-12-2/h5-8,12H,4,9H2,1-3H3. The summed E-state index contributed by atoms with van der Waals surface area (Å²) in [5.74, 6) is 0.138.